The van der Waals surface area contributed by atoms with Crippen LogP contribution in [-0.4, -0.2) is 26.3 Å². The number of aromatic nitrogens is 3. The van der Waals surface area contributed by atoms with Crippen molar-refractivity contribution in [2.24, 2.45) is 5.73 Å². The van der Waals surface area contributed by atoms with Gasteiger partial charge in [-0.1, -0.05) is 29.4 Å². The van der Waals surface area contributed by atoms with Crippen LogP contribution < -0.4 is 11.3 Å². The molecule has 9 heteroatoms. The third-order valence-electron chi connectivity index (χ3n) is 4.51. The molecule has 0 aliphatic heterocycles. The first-order valence-electron chi connectivity index (χ1n) is 8.95. The van der Waals surface area contributed by atoms with Crippen LogP contribution in [0.15, 0.2) is 70.9 Å². The molecule has 0 spiro atoms. The van der Waals surface area contributed by atoms with E-state index in [0.717, 1.165) is 27.8 Å². The average molecular weight is 457 g/mol. The Kier molecular flexibility index (Phi) is 5.80. The molecule has 3 aromatic heterocycles. The summed E-state index contributed by atoms with van der Waals surface area (Å²) >= 11 is 8.77. The van der Waals surface area contributed by atoms with Gasteiger partial charge in [-0.3, -0.25) is 18.7 Å². The first-order chi connectivity index (χ1) is 14.5. The molecule has 152 valence electrons. The summed E-state index contributed by atoms with van der Waals surface area (Å²) in [6.45, 7) is 0. The number of hydrogen-bond donors (Lipinski definition) is 1. The standard InChI is InChI=1S/C21H17ClN4O2S2/c1-29-21-24-14(10-13-11-17(22)30-19(13)20(23)28)12-26(21)16-7-5-15(6-8-16)25-9-3-2-4-18(25)27/h2-9,11-12H,10H2,1H3,(H2,23,28). The fraction of sp³-hybridized carbons (Fsp3) is 0.0952. The van der Waals surface area contributed by atoms with Crippen molar-refractivity contribution < 1.29 is 4.79 Å². The second-order valence-corrected chi connectivity index (χ2v) is 8.92. The first kappa shape index (κ1) is 20.5. The fourth-order valence-corrected chi connectivity index (χ4v) is 4.85. The second kappa shape index (κ2) is 8.51. The second-order valence-electron chi connectivity index (χ2n) is 6.46. The zero-order chi connectivity index (χ0) is 21.3. The van der Waals surface area contributed by atoms with Gasteiger partial charge in [0.25, 0.3) is 11.5 Å². The molecular weight excluding hydrogens is 440 g/mol. The molecule has 0 saturated carbocycles. The average Bonchev–Trinajstić information content (AvgIpc) is 3.32. The van der Waals surface area contributed by atoms with Crippen LogP contribution in [0.25, 0.3) is 11.4 Å². The van der Waals surface area contributed by atoms with Crippen molar-refractivity contribution in [3.63, 3.8) is 0 Å². The highest BCUT2D eigenvalue weighted by Crippen LogP contribution is 2.29. The molecule has 0 bridgehead atoms. The predicted octanol–water partition coefficient (Wildman–Crippen LogP) is 4.15. The Morgan fingerprint density at radius 2 is 1.87 bits per heavy atom. The van der Waals surface area contributed by atoms with Gasteiger partial charge >= 0.3 is 0 Å². The number of pyridine rings is 1. The molecular formula is C21H17ClN4O2S2. The lowest BCUT2D eigenvalue weighted by molar-refractivity contribution is 0.100. The summed E-state index contributed by atoms with van der Waals surface area (Å²) in [5.41, 5.74) is 8.67. The van der Waals surface area contributed by atoms with Crippen LogP contribution in [0.3, 0.4) is 0 Å². The highest BCUT2D eigenvalue weighted by Gasteiger charge is 2.16. The lowest BCUT2D eigenvalue weighted by Crippen LogP contribution is -2.15. The summed E-state index contributed by atoms with van der Waals surface area (Å²) in [4.78, 5) is 28.8. The Morgan fingerprint density at radius 3 is 2.50 bits per heavy atom. The van der Waals surface area contributed by atoms with E-state index in [1.165, 1.54) is 29.2 Å². The van der Waals surface area contributed by atoms with Gasteiger partial charge in [0.1, 0.15) is 0 Å². The molecule has 1 amide bonds. The number of carbonyl (C=O) groups is 1. The van der Waals surface area contributed by atoms with E-state index >= 15 is 0 Å². The van der Waals surface area contributed by atoms with Crippen LogP contribution in [0.5, 0.6) is 0 Å². The third kappa shape index (κ3) is 4.07. The van der Waals surface area contributed by atoms with E-state index in [4.69, 9.17) is 17.3 Å². The molecule has 2 N–H and O–H groups in total. The van der Waals surface area contributed by atoms with Gasteiger partial charge in [-0.25, -0.2) is 4.98 Å². The monoisotopic (exact) mass is 456 g/mol. The quantitative estimate of drug-likeness (QED) is 0.442. The Balaban J connectivity index is 1.66. The molecule has 3 heterocycles. The van der Waals surface area contributed by atoms with Crippen LogP contribution in [0.2, 0.25) is 4.34 Å². The molecule has 1 aromatic carbocycles. The van der Waals surface area contributed by atoms with Gasteiger partial charge in [0.15, 0.2) is 5.16 Å². The number of imidazole rings is 1. The summed E-state index contributed by atoms with van der Waals surface area (Å²) in [6.07, 6.45) is 6.09. The fourth-order valence-electron chi connectivity index (χ4n) is 3.17. The molecule has 0 aliphatic carbocycles. The SMILES string of the molecule is CSc1nc(Cc2cc(Cl)sc2C(N)=O)cn1-c1ccc(-n2ccccc2=O)cc1. The number of thioether (sulfide) groups is 1. The largest absolute Gasteiger partial charge is 0.365 e. The van der Waals surface area contributed by atoms with E-state index in [9.17, 15) is 9.59 Å². The smallest absolute Gasteiger partial charge is 0.259 e. The lowest BCUT2D eigenvalue weighted by atomic mass is 10.1. The number of rotatable bonds is 6. The van der Waals surface area contributed by atoms with Gasteiger partial charge < -0.3 is 5.73 Å². The van der Waals surface area contributed by atoms with Crippen molar-refractivity contribution >= 4 is 40.6 Å². The molecule has 0 radical (unpaired) electrons. The van der Waals surface area contributed by atoms with Crippen LogP contribution in [0, 0.1) is 0 Å². The van der Waals surface area contributed by atoms with Gasteiger partial charge in [0, 0.05) is 36.3 Å². The van der Waals surface area contributed by atoms with E-state index in [1.807, 2.05) is 47.4 Å². The minimum atomic E-state index is -0.488. The molecule has 0 saturated heterocycles. The summed E-state index contributed by atoms with van der Waals surface area (Å²) in [7, 11) is 0. The number of benzene rings is 1. The predicted molar refractivity (Wildman–Crippen MR) is 122 cm³/mol. The molecule has 4 aromatic rings. The normalized spacial score (nSPS) is 11.0. The highest BCUT2D eigenvalue weighted by atomic mass is 35.5. The minimum Gasteiger partial charge on any atom is -0.365 e. The van der Waals surface area contributed by atoms with E-state index in [1.54, 1.807) is 22.9 Å². The first-order valence-corrected chi connectivity index (χ1v) is 11.4. The molecule has 4 rings (SSSR count). The third-order valence-corrected chi connectivity index (χ3v) is 6.48. The van der Waals surface area contributed by atoms with Crippen LogP contribution in [0.4, 0.5) is 0 Å². The van der Waals surface area contributed by atoms with E-state index in [2.05, 4.69) is 4.98 Å². The van der Waals surface area contributed by atoms with Gasteiger partial charge in [-0.2, -0.15) is 0 Å². The number of thiophene rings is 1. The number of primary amides is 1. The van der Waals surface area contributed by atoms with Crippen molar-refractivity contribution in [1.82, 2.24) is 14.1 Å². The van der Waals surface area contributed by atoms with Crippen molar-refractivity contribution in [2.75, 3.05) is 6.26 Å². The number of amides is 1. The summed E-state index contributed by atoms with van der Waals surface area (Å²) in [5, 5.41) is 0.816. The maximum Gasteiger partial charge on any atom is 0.259 e. The van der Waals surface area contributed by atoms with Crippen LogP contribution >= 0.6 is 34.7 Å². The summed E-state index contributed by atoms with van der Waals surface area (Å²) < 4.78 is 4.09. The highest BCUT2D eigenvalue weighted by molar-refractivity contribution is 7.98. The Morgan fingerprint density at radius 1 is 1.17 bits per heavy atom. The van der Waals surface area contributed by atoms with Gasteiger partial charge in [0.2, 0.25) is 0 Å². The summed E-state index contributed by atoms with van der Waals surface area (Å²) in [6, 6.07) is 14.5. The van der Waals surface area contributed by atoms with Crippen molar-refractivity contribution in [3.05, 3.63) is 91.7 Å². The van der Waals surface area contributed by atoms with E-state index < -0.39 is 5.91 Å². The van der Waals surface area contributed by atoms with Gasteiger partial charge in [-0.15, -0.1) is 11.3 Å². The molecule has 30 heavy (non-hydrogen) atoms. The number of hydrogen-bond acceptors (Lipinski definition) is 5. The Hall–Kier alpha value is -2.81. The number of carbonyl (C=O) groups excluding carboxylic acids is 1. The van der Waals surface area contributed by atoms with E-state index in [-0.39, 0.29) is 5.56 Å². The van der Waals surface area contributed by atoms with Crippen molar-refractivity contribution in [1.29, 1.82) is 0 Å². The molecule has 0 atom stereocenters. The summed E-state index contributed by atoms with van der Waals surface area (Å²) in [5.74, 6) is -0.488. The molecule has 0 fully saturated rings. The number of nitrogens with two attached hydrogens (primary N) is 1. The number of nitrogens with zero attached hydrogens (tertiary/aromatic N) is 3. The maximum atomic E-state index is 12.0. The van der Waals surface area contributed by atoms with Crippen molar-refractivity contribution in [3.8, 4) is 11.4 Å². The van der Waals surface area contributed by atoms with Gasteiger partial charge in [-0.05, 0) is 48.2 Å². The van der Waals surface area contributed by atoms with Gasteiger partial charge in [0.05, 0.1) is 14.9 Å². The Bertz CT molecular complexity index is 1270. The number of halogens is 1. The van der Waals surface area contributed by atoms with E-state index in [0.29, 0.717) is 15.6 Å². The topological polar surface area (TPSA) is 82.9 Å². The van der Waals surface area contributed by atoms with Crippen LogP contribution in [0.1, 0.15) is 20.9 Å². The maximum absolute atomic E-state index is 12.0. The zero-order valence-electron chi connectivity index (χ0n) is 15.9. The van der Waals surface area contributed by atoms with Crippen LogP contribution in [-0.2, 0) is 6.42 Å². The Labute approximate surface area is 185 Å². The zero-order valence-corrected chi connectivity index (χ0v) is 18.3. The molecule has 0 aliphatic rings. The lowest BCUT2D eigenvalue weighted by Gasteiger charge is -2.08. The minimum absolute atomic E-state index is 0.0837. The molecule has 0 unspecified atom stereocenters. The van der Waals surface area contributed by atoms with Crippen molar-refractivity contribution in [2.45, 2.75) is 11.6 Å². The molecule has 6 nitrogen and oxygen atoms in total.